The van der Waals surface area contributed by atoms with Crippen LogP contribution in [0.4, 0.5) is 0 Å². The number of aliphatic carboxylic acids is 1. The molecule has 0 aromatic rings. The van der Waals surface area contributed by atoms with E-state index < -0.39 is 11.5 Å². The molecule has 0 heterocycles. The molecule has 0 radical (unpaired) electrons. The van der Waals surface area contributed by atoms with Crippen molar-refractivity contribution >= 4 is 5.97 Å². The van der Waals surface area contributed by atoms with Gasteiger partial charge in [0.1, 0.15) is 5.54 Å². The van der Waals surface area contributed by atoms with E-state index in [9.17, 15) is 9.90 Å². The zero-order chi connectivity index (χ0) is 14.5. The van der Waals surface area contributed by atoms with Crippen molar-refractivity contribution in [3.63, 3.8) is 0 Å². The Balaban J connectivity index is 2.25. The van der Waals surface area contributed by atoms with E-state index in [-0.39, 0.29) is 11.5 Å². The number of carboxylic acids is 1. The molecule has 0 aromatic heterocycles. The van der Waals surface area contributed by atoms with Crippen molar-refractivity contribution < 1.29 is 19.4 Å². The lowest BCUT2D eigenvalue weighted by Crippen LogP contribution is -2.51. The first kappa shape index (κ1) is 16.4. The monoisotopic (exact) mass is 273 g/mol. The molecule has 0 amide bonds. The number of nitrogens with two attached hydrogens (primary N) is 1. The zero-order valence-corrected chi connectivity index (χ0v) is 12.3. The standard InChI is InChI=1S/C14H27NO4/c1-13(2,18-3)8-10-19-9-6-11-5-4-7-14(11,15)12(16)17/h11H,4-10,15H2,1-3H3,(H,16,17). The molecule has 0 saturated heterocycles. The molecule has 112 valence electrons. The first-order valence-corrected chi connectivity index (χ1v) is 6.97. The predicted molar refractivity (Wildman–Crippen MR) is 73.0 cm³/mol. The van der Waals surface area contributed by atoms with Crippen LogP contribution in [0.5, 0.6) is 0 Å². The van der Waals surface area contributed by atoms with Crippen molar-refractivity contribution in [1.82, 2.24) is 0 Å². The van der Waals surface area contributed by atoms with Gasteiger partial charge in [-0.1, -0.05) is 6.42 Å². The summed E-state index contributed by atoms with van der Waals surface area (Å²) in [5, 5.41) is 9.20. The fraction of sp³-hybridized carbons (Fsp3) is 0.929. The van der Waals surface area contributed by atoms with Gasteiger partial charge in [0, 0.05) is 20.3 Å². The first-order chi connectivity index (χ1) is 8.82. The molecule has 1 fully saturated rings. The number of rotatable bonds is 8. The smallest absolute Gasteiger partial charge is 0.323 e. The predicted octanol–water partition coefficient (Wildman–Crippen LogP) is 1.79. The van der Waals surface area contributed by atoms with Gasteiger partial charge in [0.2, 0.25) is 0 Å². The van der Waals surface area contributed by atoms with Crippen LogP contribution in [0.3, 0.4) is 0 Å². The molecule has 0 aliphatic heterocycles. The summed E-state index contributed by atoms with van der Waals surface area (Å²) >= 11 is 0. The minimum absolute atomic E-state index is 0.0282. The van der Waals surface area contributed by atoms with Crippen molar-refractivity contribution in [3.05, 3.63) is 0 Å². The molecule has 0 aromatic carbocycles. The molecule has 2 atom stereocenters. The highest BCUT2D eigenvalue weighted by Crippen LogP contribution is 2.36. The molecular weight excluding hydrogens is 246 g/mol. The van der Waals surface area contributed by atoms with Gasteiger partial charge >= 0.3 is 5.97 Å². The van der Waals surface area contributed by atoms with Crippen LogP contribution in [0.2, 0.25) is 0 Å². The van der Waals surface area contributed by atoms with E-state index in [4.69, 9.17) is 15.2 Å². The highest BCUT2D eigenvalue weighted by Gasteiger charge is 2.45. The largest absolute Gasteiger partial charge is 0.480 e. The molecule has 2 unspecified atom stereocenters. The van der Waals surface area contributed by atoms with Gasteiger partial charge in [-0.15, -0.1) is 0 Å². The maximum atomic E-state index is 11.2. The third-order valence-electron chi connectivity index (χ3n) is 4.28. The van der Waals surface area contributed by atoms with Crippen molar-refractivity contribution in [1.29, 1.82) is 0 Å². The van der Waals surface area contributed by atoms with E-state index in [1.807, 2.05) is 13.8 Å². The fourth-order valence-corrected chi connectivity index (χ4v) is 2.53. The summed E-state index contributed by atoms with van der Waals surface area (Å²) < 4.78 is 10.9. The van der Waals surface area contributed by atoms with Gasteiger partial charge in [-0.2, -0.15) is 0 Å². The van der Waals surface area contributed by atoms with E-state index in [0.717, 1.165) is 25.7 Å². The second-order valence-corrected chi connectivity index (χ2v) is 6.05. The molecule has 3 N–H and O–H groups in total. The van der Waals surface area contributed by atoms with Crippen LogP contribution in [-0.4, -0.2) is 42.5 Å². The van der Waals surface area contributed by atoms with Gasteiger partial charge in [0.05, 0.1) is 5.60 Å². The summed E-state index contributed by atoms with van der Waals surface area (Å²) in [7, 11) is 1.69. The topological polar surface area (TPSA) is 81.8 Å². The normalized spacial score (nSPS) is 27.7. The average Bonchev–Trinajstić information content (AvgIpc) is 2.72. The van der Waals surface area contributed by atoms with Crippen molar-refractivity contribution in [3.8, 4) is 0 Å². The van der Waals surface area contributed by atoms with Gasteiger partial charge in [-0.25, -0.2) is 0 Å². The van der Waals surface area contributed by atoms with Crippen LogP contribution in [0.15, 0.2) is 0 Å². The van der Waals surface area contributed by atoms with Crippen LogP contribution in [0.25, 0.3) is 0 Å². The van der Waals surface area contributed by atoms with Crippen LogP contribution >= 0.6 is 0 Å². The number of ether oxygens (including phenoxy) is 2. The summed E-state index contributed by atoms with van der Waals surface area (Å²) in [6, 6.07) is 0. The van der Waals surface area contributed by atoms with Gasteiger partial charge in [0.25, 0.3) is 0 Å². The summed E-state index contributed by atoms with van der Waals surface area (Å²) in [5.74, 6) is -0.851. The molecule has 0 spiro atoms. The molecule has 1 rings (SSSR count). The SMILES string of the molecule is COC(C)(C)CCOCCC1CCCC1(N)C(=O)O. The maximum Gasteiger partial charge on any atom is 0.323 e. The van der Waals surface area contributed by atoms with Gasteiger partial charge in [-0.05, 0) is 45.4 Å². The van der Waals surface area contributed by atoms with E-state index in [1.165, 1.54) is 0 Å². The molecule has 1 aliphatic carbocycles. The highest BCUT2D eigenvalue weighted by molar-refractivity contribution is 5.79. The van der Waals surface area contributed by atoms with Gasteiger partial charge in [-0.3, -0.25) is 4.79 Å². The molecule has 0 bridgehead atoms. The third-order valence-corrected chi connectivity index (χ3v) is 4.28. The minimum atomic E-state index is -1.05. The van der Waals surface area contributed by atoms with Crippen molar-refractivity contribution in [2.45, 2.75) is 57.1 Å². The molecule has 1 saturated carbocycles. The Morgan fingerprint density at radius 2 is 2.16 bits per heavy atom. The lowest BCUT2D eigenvalue weighted by Gasteiger charge is -2.27. The Bertz CT molecular complexity index is 306. The Labute approximate surface area is 115 Å². The summed E-state index contributed by atoms with van der Waals surface area (Å²) in [5.41, 5.74) is 4.76. The number of hydrogen-bond acceptors (Lipinski definition) is 4. The van der Waals surface area contributed by atoms with Crippen molar-refractivity contribution in [2.24, 2.45) is 11.7 Å². The highest BCUT2D eigenvalue weighted by atomic mass is 16.5. The van der Waals surface area contributed by atoms with E-state index in [2.05, 4.69) is 0 Å². The Kier molecular flexibility index (Phi) is 5.77. The van der Waals surface area contributed by atoms with Gasteiger partial charge < -0.3 is 20.3 Å². The molecule has 1 aliphatic rings. The third kappa shape index (κ3) is 4.44. The van der Waals surface area contributed by atoms with Crippen LogP contribution in [0, 0.1) is 5.92 Å². The number of methoxy groups -OCH3 is 1. The lowest BCUT2D eigenvalue weighted by molar-refractivity contribution is -0.145. The first-order valence-electron chi connectivity index (χ1n) is 6.97. The second-order valence-electron chi connectivity index (χ2n) is 6.05. The quantitative estimate of drug-likeness (QED) is 0.659. The van der Waals surface area contributed by atoms with E-state index in [1.54, 1.807) is 7.11 Å². The second kappa shape index (κ2) is 6.68. The van der Waals surface area contributed by atoms with E-state index in [0.29, 0.717) is 19.6 Å². The molecular formula is C14H27NO4. The van der Waals surface area contributed by atoms with Crippen LogP contribution in [0.1, 0.15) is 46.0 Å². The zero-order valence-electron chi connectivity index (χ0n) is 12.3. The Morgan fingerprint density at radius 3 is 2.74 bits per heavy atom. The summed E-state index contributed by atoms with van der Waals surface area (Å²) in [6.07, 6.45) is 3.89. The minimum Gasteiger partial charge on any atom is -0.480 e. The summed E-state index contributed by atoms with van der Waals surface area (Å²) in [4.78, 5) is 11.2. The Morgan fingerprint density at radius 1 is 1.47 bits per heavy atom. The molecule has 19 heavy (non-hydrogen) atoms. The maximum absolute atomic E-state index is 11.2. The number of carboxylic acid groups (broad SMARTS) is 1. The van der Waals surface area contributed by atoms with E-state index >= 15 is 0 Å². The van der Waals surface area contributed by atoms with Crippen LogP contribution < -0.4 is 5.73 Å². The van der Waals surface area contributed by atoms with Crippen molar-refractivity contribution in [2.75, 3.05) is 20.3 Å². The molecule has 5 nitrogen and oxygen atoms in total. The summed E-state index contributed by atoms with van der Waals surface area (Å²) in [6.45, 7) is 5.22. The Hall–Kier alpha value is -0.650. The lowest BCUT2D eigenvalue weighted by atomic mass is 9.86. The average molecular weight is 273 g/mol. The van der Waals surface area contributed by atoms with Crippen LogP contribution in [-0.2, 0) is 14.3 Å². The fourth-order valence-electron chi connectivity index (χ4n) is 2.53. The number of carbonyl (C=O) groups is 1. The molecule has 5 heteroatoms. The number of hydrogen-bond donors (Lipinski definition) is 2. The van der Waals surface area contributed by atoms with Gasteiger partial charge in [0.15, 0.2) is 0 Å².